The van der Waals surface area contributed by atoms with Gasteiger partial charge in [-0.25, -0.2) is 9.18 Å². The Kier molecular flexibility index (Phi) is 3.71. The van der Waals surface area contributed by atoms with Crippen LogP contribution in [0, 0.1) is 5.82 Å². The zero-order valence-electron chi connectivity index (χ0n) is 11.6. The number of halogens is 1. The molecule has 0 saturated carbocycles. The van der Waals surface area contributed by atoms with E-state index in [0.717, 1.165) is 19.5 Å². The van der Waals surface area contributed by atoms with Crippen molar-refractivity contribution in [2.45, 2.75) is 19.5 Å². The zero-order chi connectivity index (χ0) is 14.8. The van der Waals surface area contributed by atoms with E-state index in [9.17, 15) is 14.3 Å². The van der Waals surface area contributed by atoms with E-state index in [1.165, 1.54) is 29.3 Å². The fourth-order valence-electron chi connectivity index (χ4n) is 2.83. The van der Waals surface area contributed by atoms with Crippen LogP contribution in [0.25, 0.3) is 0 Å². The molecule has 3 rings (SSSR count). The van der Waals surface area contributed by atoms with Crippen LogP contribution < -0.4 is 0 Å². The molecule has 0 fully saturated rings. The molecule has 1 aliphatic rings. The highest BCUT2D eigenvalue weighted by Crippen LogP contribution is 2.22. The van der Waals surface area contributed by atoms with E-state index < -0.39 is 11.8 Å². The maximum Gasteiger partial charge on any atom is 0.336 e. The van der Waals surface area contributed by atoms with Crippen molar-refractivity contribution >= 4 is 5.97 Å². The molecule has 3 nitrogen and oxygen atoms in total. The van der Waals surface area contributed by atoms with Crippen molar-refractivity contribution in [2.24, 2.45) is 0 Å². The summed E-state index contributed by atoms with van der Waals surface area (Å²) >= 11 is 0. The minimum absolute atomic E-state index is 0.176. The van der Waals surface area contributed by atoms with Crippen LogP contribution >= 0.6 is 0 Å². The molecule has 0 aromatic heterocycles. The highest BCUT2D eigenvalue weighted by molar-refractivity contribution is 5.89. The molecule has 2 aromatic rings. The van der Waals surface area contributed by atoms with Gasteiger partial charge in [0.2, 0.25) is 0 Å². The third-order valence-corrected chi connectivity index (χ3v) is 3.90. The molecule has 0 aliphatic carbocycles. The van der Waals surface area contributed by atoms with E-state index in [-0.39, 0.29) is 5.56 Å². The number of aromatic carboxylic acids is 1. The summed E-state index contributed by atoms with van der Waals surface area (Å²) in [5.74, 6) is -1.41. The van der Waals surface area contributed by atoms with Crippen LogP contribution in [0.4, 0.5) is 4.39 Å². The minimum Gasteiger partial charge on any atom is -0.478 e. The fourth-order valence-corrected chi connectivity index (χ4v) is 2.83. The van der Waals surface area contributed by atoms with Crippen LogP contribution in [0.2, 0.25) is 0 Å². The summed E-state index contributed by atoms with van der Waals surface area (Å²) in [7, 11) is 0. The summed E-state index contributed by atoms with van der Waals surface area (Å²) < 4.78 is 13.4. The van der Waals surface area contributed by atoms with Gasteiger partial charge in [-0.3, -0.25) is 4.90 Å². The second kappa shape index (κ2) is 5.66. The Morgan fingerprint density at radius 1 is 1.19 bits per heavy atom. The number of carboxylic acid groups (broad SMARTS) is 1. The van der Waals surface area contributed by atoms with Gasteiger partial charge in [-0.2, -0.15) is 0 Å². The number of rotatable bonds is 3. The van der Waals surface area contributed by atoms with Crippen LogP contribution in [0.15, 0.2) is 42.5 Å². The van der Waals surface area contributed by atoms with Crippen molar-refractivity contribution in [3.05, 3.63) is 70.5 Å². The lowest BCUT2D eigenvalue weighted by molar-refractivity contribution is 0.0694. The number of hydrogen-bond acceptors (Lipinski definition) is 2. The van der Waals surface area contributed by atoms with E-state index in [1.54, 1.807) is 0 Å². The lowest BCUT2D eigenvalue weighted by atomic mass is 9.99. The quantitative estimate of drug-likeness (QED) is 0.942. The van der Waals surface area contributed by atoms with E-state index in [4.69, 9.17) is 0 Å². The maximum absolute atomic E-state index is 13.4. The summed E-state index contributed by atoms with van der Waals surface area (Å²) in [6.45, 7) is 2.08. The van der Waals surface area contributed by atoms with Crippen LogP contribution in [-0.4, -0.2) is 22.5 Å². The smallest absolute Gasteiger partial charge is 0.336 e. The Labute approximate surface area is 122 Å². The van der Waals surface area contributed by atoms with Gasteiger partial charge in [0, 0.05) is 19.6 Å². The number of carboxylic acids is 1. The molecule has 0 unspecified atom stereocenters. The van der Waals surface area contributed by atoms with Crippen molar-refractivity contribution < 1.29 is 14.3 Å². The average Bonchev–Trinajstić information content (AvgIpc) is 2.47. The topological polar surface area (TPSA) is 40.5 Å². The standard InChI is InChI=1S/C17H16FNO2/c18-15-5-6-16(17(20)21)14(9-15)11-19-8-7-12-3-1-2-4-13(12)10-19/h1-6,9H,7-8,10-11H2,(H,20,21). The predicted octanol–water partition coefficient (Wildman–Crippen LogP) is 3.08. The first-order valence-electron chi connectivity index (χ1n) is 6.94. The summed E-state index contributed by atoms with van der Waals surface area (Å²) in [5.41, 5.74) is 3.31. The molecule has 1 aliphatic heterocycles. The molecule has 0 bridgehead atoms. The average molecular weight is 285 g/mol. The summed E-state index contributed by atoms with van der Waals surface area (Å²) in [4.78, 5) is 13.4. The molecule has 4 heteroatoms. The molecule has 0 atom stereocenters. The van der Waals surface area contributed by atoms with Crippen LogP contribution in [0.3, 0.4) is 0 Å². The van der Waals surface area contributed by atoms with E-state index in [2.05, 4.69) is 17.0 Å². The van der Waals surface area contributed by atoms with Crippen molar-refractivity contribution in [2.75, 3.05) is 6.54 Å². The third-order valence-electron chi connectivity index (χ3n) is 3.90. The normalized spacial score (nSPS) is 14.7. The van der Waals surface area contributed by atoms with Gasteiger partial charge in [0.05, 0.1) is 5.56 Å². The maximum atomic E-state index is 13.4. The van der Waals surface area contributed by atoms with E-state index >= 15 is 0 Å². The van der Waals surface area contributed by atoms with E-state index in [1.807, 2.05) is 12.1 Å². The molecular weight excluding hydrogens is 269 g/mol. The number of nitrogens with zero attached hydrogens (tertiary/aromatic N) is 1. The molecule has 0 saturated heterocycles. The SMILES string of the molecule is O=C(O)c1ccc(F)cc1CN1CCc2ccccc2C1. The van der Waals surface area contributed by atoms with Crippen LogP contribution in [0.5, 0.6) is 0 Å². The highest BCUT2D eigenvalue weighted by atomic mass is 19.1. The summed E-state index contributed by atoms with van der Waals surface area (Å²) in [5, 5.41) is 9.20. The fraction of sp³-hybridized carbons (Fsp3) is 0.235. The van der Waals surface area contributed by atoms with Gasteiger partial charge in [0.1, 0.15) is 5.82 Å². The first-order valence-corrected chi connectivity index (χ1v) is 6.94. The van der Waals surface area contributed by atoms with Crippen molar-refractivity contribution in [1.29, 1.82) is 0 Å². The molecule has 1 heterocycles. The number of fused-ring (bicyclic) bond motifs is 1. The largest absolute Gasteiger partial charge is 0.478 e. The number of hydrogen-bond donors (Lipinski definition) is 1. The molecule has 0 amide bonds. The van der Waals surface area contributed by atoms with Crippen molar-refractivity contribution in [1.82, 2.24) is 4.90 Å². The lowest BCUT2D eigenvalue weighted by Crippen LogP contribution is -2.30. The lowest BCUT2D eigenvalue weighted by Gasteiger charge is -2.29. The second-order valence-corrected chi connectivity index (χ2v) is 5.34. The number of carbonyl (C=O) groups is 1. The van der Waals surface area contributed by atoms with Gasteiger partial charge in [-0.15, -0.1) is 0 Å². The Balaban J connectivity index is 1.82. The van der Waals surface area contributed by atoms with Crippen LogP contribution in [0.1, 0.15) is 27.0 Å². The van der Waals surface area contributed by atoms with Gasteiger partial charge in [0.25, 0.3) is 0 Å². The van der Waals surface area contributed by atoms with Gasteiger partial charge >= 0.3 is 5.97 Å². The van der Waals surface area contributed by atoms with Crippen molar-refractivity contribution in [3.63, 3.8) is 0 Å². The molecule has 0 spiro atoms. The van der Waals surface area contributed by atoms with Gasteiger partial charge in [-0.05, 0) is 41.3 Å². The predicted molar refractivity (Wildman–Crippen MR) is 77.6 cm³/mol. The van der Waals surface area contributed by atoms with Crippen LogP contribution in [-0.2, 0) is 19.5 Å². The van der Waals surface area contributed by atoms with Gasteiger partial charge in [0.15, 0.2) is 0 Å². The molecule has 0 radical (unpaired) electrons. The Morgan fingerprint density at radius 2 is 1.95 bits per heavy atom. The molecule has 2 aromatic carbocycles. The Hall–Kier alpha value is -2.20. The third kappa shape index (κ3) is 2.95. The first-order chi connectivity index (χ1) is 10.1. The summed E-state index contributed by atoms with van der Waals surface area (Å²) in [6, 6.07) is 12.1. The molecular formula is C17H16FNO2. The zero-order valence-corrected chi connectivity index (χ0v) is 11.6. The Bertz CT molecular complexity index is 684. The minimum atomic E-state index is -1.01. The van der Waals surface area contributed by atoms with Gasteiger partial charge < -0.3 is 5.11 Å². The molecule has 1 N–H and O–H groups in total. The Morgan fingerprint density at radius 3 is 2.71 bits per heavy atom. The monoisotopic (exact) mass is 285 g/mol. The molecule has 108 valence electrons. The highest BCUT2D eigenvalue weighted by Gasteiger charge is 2.18. The second-order valence-electron chi connectivity index (χ2n) is 5.34. The number of benzene rings is 2. The van der Waals surface area contributed by atoms with E-state index in [0.29, 0.717) is 12.1 Å². The van der Waals surface area contributed by atoms with Gasteiger partial charge in [-0.1, -0.05) is 24.3 Å². The summed E-state index contributed by atoms with van der Waals surface area (Å²) in [6.07, 6.45) is 0.938. The molecule has 21 heavy (non-hydrogen) atoms. The van der Waals surface area contributed by atoms with Crippen molar-refractivity contribution in [3.8, 4) is 0 Å². The first kappa shape index (κ1) is 13.8.